The Morgan fingerprint density at radius 3 is 1.21 bits per heavy atom. The van der Waals surface area contributed by atoms with Crippen molar-refractivity contribution in [2.24, 2.45) is 0 Å². The third-order valence-corrected chi connectivity index (χ3v) is 6.04. The molecule has 0 heterocycles. The zero-order valence-electron chi connectivity index (χ0n) is 23.2. The lowest BCUT2D eigenvalue weighted by molar-refractivity contribution is -0.810. The molecule has 1 N–H and O–H groups in total. The second-order valence-corrected chi connectivity index (χ2v) is 9.36. The molecular formula is C26H50O12. The fourth-order valence-electron chi connectivity index (χ4n) is 4.00. The van der Waals surface area contributed by atoms with Crippen molar-refractivity contribution in [2.75, 3.05) is 6.61 Å². The van der Waals surface area contributed by atoms with Gasteiger partial charge in [-0.15, -0.1) is 0 Å². The Morgan fingerprint density at radius 2 is 0.816 bits per heavy atom. The van der Waals surface area contributed by atoms with Gasteiger partial charge in [-0.3, -0.25) is 0 Å². The highest BCUT2D eigenvalue weighted by Crippen LogP contribution is 2.15. The normalized spacial score (nSPS) is 11.1. The van der Waals surface area contributed by atoms with E-state index in [1.165, 1.54) is 122 Å². The van der Waals surface area contributed by atoms with E-state index in [0.29, 0.717) is 6.61 Å². The Bertz CT molecular complexity index is 507. The molecule has 0 rings (SSSR count). The summed E-state index contributed by atoms with van der Waals surface area (Å²) in [6.45, 7) is 2.57. The molecule has 0 spiro atoms. The monoisotopic (exact) mass is 554 g/mol. The summed E-state index contributed by atoms with van der Waals surface area (Å²) in [5.74, 6) is 0. The molecule has 0 unspecified atom stereocenters. The van der Waals surface area contributed by atoms with Crippen LogP contribution in [0.15, 0.2) is 0 Å². The smallest absolute Gasteiger partial charge is 0.449 e. The highest BCUT2D eigenvalue weighted by molar-refractivity contribution is 5.75. The molecule has 38 heavy (non-hydrogen) atoms. The predicted molar refractivity (Wildman–Crippen MR) is 135 cm³/mol. The number of unbranched alkanes of at least 4 members (excludes halogenated alkanes) is 21. The molecule has 0 aromatic rings. The molecule has 0 fully saturated rings. The van der Waals surface area contributed by atoms with Crippen LogP contribution in [-0.4, -0.2) is 24.0 Å². The van der Waals surface area contributed by atoms with Crippen molar-refractivity contribution in [1.82, 2.24) is 0 Å². The molecule has 0 aliphatic heterocycles. The van der Waals surface area contributed by atoms with E-state index >= 15 is 0 Å². The van der Waals surface area contributed by atoms with Gasteiger partial charge in [-0.05, 0) is 21.5 Å². The van der Waals surface area contributed by atoms with Gasteiger partial charge >= 0.3 is 12.3 Å². The molecule has 12 nitrogen and oxygen atoms in total. The lowest BCUT2D eigenvalue weighted by atomic mass is 10.0. The fourth-order valence-corrected chi connectivity index (χ4v) is 4.00. The van der Waals surface area contributed by atoms with E-state index in [9.17, 15) is 9.59 Å². The molecule has 0 bridgehead atoms. The maximum absolute atomic E-state index is 10.5. The van der Waals surface area contributed by atoms with Crippen molar-refractivity contribution >= 4 is 12.3 Å². The van der Waals surface area contributed by atoms with E-state index in [-0.39, 0.29) is 0 Å². The number of carboxylic acid groups (broad SMARTS) is 1. The van der Waals surface area contributed by atoms with E-state index in [1.54, 1.807) is 0 Å². The summed E-state index contributed by atoms with van der Waals surface area (Å²) in [4.78, 5) is 28.7. The summed E-state index contributed by atoms with van der Waals surface area (Å²) in [5.41, 5.74) is 0. The van der Waals surface area contributed by atoms with Crippen LogP contribution in [0.3, 0.4) is 0 Å². The first-order valence-corrected chi connectivity index (χ1v) is 14.4. The van der Waals surface area contributed by atoms with Crippen LogP contribution in [0.4, 0.5) is 9.59 Å². The molecule has 0 aromatic heterocycles. The van der Waals surface area contributed by atoms with Gasteiger partial charge in [-0.25, -0.2) is 14.6 Å². The maximum atomic E-state index is 10.5. The van der Waals surface area contributed by atoms with Crippen LogP contribution in [0.1, 0.15) is 148 Å². The number of rotatable bonds is 30. The Morgan fingerprint density at radius 1 is 0.474 bits per heavy atom. The molecule has 0 aliphatic carbocycles. The third kappa shape index (κ3) is 32.5. The zero-order chi connectivity index (χ0) is 27.8. The van der Waals surface area contributed by atoms with Crippen molar-refractivity contribution in [3.63, 3.8) is 0 Å². The third-order valence-electron chi connectivity index (χ3n) is 6.04. The fraction of sp³-hybridized carbons (Fsp3) is 0.923. The average Bonchev–Trinajstić information content (AvgIpc) is 2.89. The van der Waals surface area contributed by atoms with E-state index in [0.717, 1.165) is 19.3 Å². The van der Waals surface area contributed by atoms with Gasteiger partial charge in [0.15, 0.2) is 0 Å². The van der Waals surface area contributed by atoms with E-state index in [4.69, 9.17) is 5.11 Å². The summed E-state index contributed by atoms with van der Waals surface area (Å²) in [6.07, 6.45) is 25.6. The second-order valence-electron chi connectivity index (χ2n) is 9.36. The molecule has 0 amide bonds. The standard InChI is InChI=1S/C26H50O12/c1-2-3-4-5-6-7-8-9-10-11-12-13-14-15-16-17-18-19-20-21-22-23-24-30-33-35-37-38-36-34-32-26(29)31-25(27)28/h2-24H2,1H3,(H,27,28). The summed E-state index contributed by atoms with van der Waals surface area (Å²) >= 11 is 0. The van der Waals surface area contributed by atoms with Crippen LogP contribution in [0.2, 0.25) is 0 Å². The topological polar surface area (TPSA) is 137 Å². The summed E-state index contributed by atoms with van der Waals surface area (Å²) in [7, 11) is 0. The van der Waals surface area contributed by atoms with E-state index < -0.39 is 12.3 Å². The molecule has 0 atom stereocenters. The van der Waals surface area contributed by atoms with Crippen LogP contribution in [-0.2, 0) is 44.7 Å². The first-order chi connectivity index (χ1) is 18.7. The first-order valence-electron chi connectivity index (χ1n) is 14.4. The number of hydrogen-bond donors (Lipinski definition) is 1. The predicted octanol–water partition coefficient (Wildman–Crippen LogP) is 8.94. The SMILES string of the molecule is CCCCCCCCCCCCCCCCCCCCCCCCOOOOOOOOC(=O)OC(=O)O. The van der Waals surface area contributed by atoms with Gasteiger partial charge in [0.05, 0.1) is 6.61 Å². The number of ether oxygens (including phenoxy) is 1. The van der Waals surface area contributed by atoms with Crippen LogP contribution < -0.4 is 0 Å². The molecule has 0 saturated heterocycles. The summed E-state index contributed by atoms with van der Waals surface area (Å²) in [6, 6.07) is 0. The quantitative estimate of drug-likeness (QED) is 0.0298. The number of carbonyl (C=O) groups excluding carboxylic acids is 1. The Labute approximate surface area is 227 Å². The highest BCUT2D eigenvalue weighted by Gasteiger charge is 2.11. The zero-order valence-corrected chi connectivity index (χ0v) is 23.2. The van der Waals surface area contributed by atoms with Gasteiger partial charge in [-0.2, -0.15) is 4.79 Å². The highest BCUT2D eigenvalue weighted by atomic mass is 17.9. The van der Waals surface area contributed by atoms with Crippen molar-refractivity contribution in [3.8, 4) is 0 Å². The maximum Gasteiger partial charge on any atom is 0.553 e. The average molecular weight is 555 g/mol. The van der Waals surface area contributed by atoms with Crippen LogP contribution >= 0.6 is 0 Å². The van der Waals surface area contributed by atoms with Gasteiger partial charge in [0.25, 0.3) is 0 Å². The van der Waals surface area contributed by atoms with Crippen LogP contribution in [0.25, 0.3) is 0 Å². The van der Waals surface area contributed by atoms with Crippen molar-refractivity contribution < 1.29 is 59.4 Å². The largest absolute Gasteiger partial charge is 0.553 e. The minimum Gasteiger partial charge on any atom is -0.449 e. The van der Waals surface area contributed by atoms with E-state index in [2.05, 4.69) is 51.7 Å². The lowest BCUT2D eigenvalue weighted by Gasteiger charge is -2.04. The molecule has 0 aromatic carbocycles. The minimum absolute atomic E-state index is 0.296. The Kier molecular flexibility index (Phi) is 30.4. The van der Waals surface area contributed by atoms with Gasteiger partial charge in [0.2, 0.25) is 0 Å². The summed E-state index contributed by atoms with van der Waals surface area (Å²) in [5, 5.41) is 30.9. The van der Waals surface area contributed by atoms with Crippen molar-refractivity contribution in [2.45, 2.75) is 148 Å². The van der Waals surface area contributed by atoms with Gasteiger partial charge in [0.1, 0.15) is 0 Å². The molecule has 0 saturated carbocycles. The molecule has 226 valence electrons. The molecule has 0 aliphatic rings. The van der Waals surface area contributed by atoms with Crippen LogP contribution in [0, 0.1) is 0 Å². The van der Waals surface area contributed by atoms with Gasteiger partial charge in [0, 0.05) is 15.1 Å². The van der Waals surface area contributed by atoms with Crippen molar-refractivity contribution in [1.29, 1.82) is 0 Å². The lowest BCUT2D eigenvalue weighted by Crippen LogP contribution is -2.12. The van der Waals surface area contributed by atoms with E-state index in [1.807, 2.05) is 0 Å². The summed E-state index contributed by atoms with van der Waals surface area (Å²) < 4.78 is 3.49. The number of carbonyl (C=O) groups is 2. The second kappa shape index (κ2) is 31.7. The molecule has 0 radical (unpaired) electrons. The molecule has 12 heteroatoms. The first kappa shape index (κ1) is 36.5. The Balaban J connectivity index is 3.07. The minimum atomic E-state index is -1.89. The molecular weight excluding hydrogens is 504 g/mol. The van der Waals surface area contributed by atoms with Gasteiger partial charge in [-0.1, -0.05) is 142 Å². The van der Waals surface area contributed by atoms with Crippen molar-refractivity contribution in [3.05, 3.63) is 0 Å². The van der Waals surface area contributed by atoms with Crippen LogP contribution in [0.5, 0.6) is 0 Å². The number of hydrogen-bond acceptors (Lipinski definition) is 11. The Hall–Kier alpha value is -1.54. The van der Waals surface area contributed by atoms with Gasteiger partial charge < -0.3 is 9.84 Å².